The first-order chi connectivity index (χ1) is 11.7. The summed E-state index contributed by atoms with van der Waals surface area (Å²) in [6.45, 7) is 0. The molecule has 1 amide bonds. The van der Waals surface area contributed by atoms with Crippen LogP contribution in [-0.4, -0.2) is 10.9 Å². The number of rotatable bonds is 4. The normalized spacial score (nSPS) is 10.2. The fourth-order valence-electron chi connectivity index (χ4n) is 2.18. The molecule has 118 valence electrons. The highest BCUT2D eigenvalue weighted by atomic mass is 35.5. The Balaban J connectivity index is 1.71. The molecular formula is C18H12ClN3OS. The minimum Gasteiger partial charge on any atom is -0.298 e. The summed E-state index contributed by atoms with van der Waals surface area (Å²) >= 11 is 7.56. The van der Waals surface area contributed by atoms with E-state index in [4.69, 9.17) is 16.9 Å². The minimum absolute atomic E-state index is 0.286. The largest absolute Gasteiger partial charge is 0.298 e. The minimum atomic E-state index is -0.286. The maximum absolute atomic E-state index is 12.2. The van der Waals surface area contributed by atoms with E-state index in [2.05, 4.69) is 10.3 Å². The number of benzene rings is 2. The van der Waals surface area contributed by atoms with Gasteiger partial charge >= 0.3 is 0 Å². The molecule has 3 rings (SSSR count). The van der Waals surface area contributed by atoms with Gasteiger partial charge in [-0.2, -0.15) is 5.26 Å². The van der Waals surface area contributed by atoms with Crippen LogP contribution in [0.15, 0.2) is 54.7 Å². The molecule has 0 aliphatic carbocycles. The van der Waals surface area contributed by atoms with Crippen LogP contribution in [0.1, 0.15) is 26.4 Å². The topological polar surface area (TPSA) is 65.8 Å². The quantitative estimate of drug-likeness (QED) is 0.750. The first-order valence-corrected chi connectivity index (χ1v) is 8.35. The van der Waals surface area contributed by atoms with Crippen LogP contribution in [-0.2, 0) is 6.42 Å². The number of hydrogen-bond donors (Lipinski definition) is 1. The van der Waals surface area contributed by atoms with E-state index in [-0.39, 0.29) is 5.91 Å². The number of carbonyl (C=O) groups is 1. The molecule has 0 atom stereocenters. The molecule has 0 bridgehead atoms. The molecule has 6 heteroatoms. The Kier molecular flexibility index (Phi) is 4.90. The Bertz CT molecular complexity index is 930. The Morgan fingerprint density at radius 2 is 2.08 bits per heavy atom. The lowest BCUT2D eigenvalue weighted by atomic mass is 10.1. The van der Waals surface area contributed by atoms with E-state index in [1.807, 2.05) is 30.3 Å². The molecule has 0 aliphatic heterocycles. The van der Waals surface area contributed by atoms with Crippen LogP contribution >= 0.6 is 22.9 Å². The zero-order valence-electron chi connectivity index (χ0n) is 12.5. The summed E-state index contributed by atoms with van der Waals surface area (Å²) in [7, 11) is 0. The van der Waals surface area contributed by atoms with Crippen LogP contribution in [0.5, 0.6) is 0 Å². The van der Waals surface area contributed by atoms with E-state index in [1.165, 1.54) is 11.3 Å². The average molecular weight is 354 g/mol. The summed E-state index contributed by atoms with van der Waals surface area (Å²) in [5, 5.41) is 12.9. The molecule has 1 N–H and O–H groups in total. The van der Waals surface area contributed by atoms with E-state index in [0.717, 1.165) is 10.4 Å². The van der Waals surface area contributed by atoms with E-state index in [1.54, 1.807) is 30.5 Å². The first kappa shape index (κ1) is 16.2. The van der Waals surface area contributed by atoms with Gasteiger partial charge in [0, 0.05) is 28.1 Å². The van der Waals surface area contributed by atoms with Crippen molar-refractivity contribution in [1.29, 1.82) is 5.26 Å². The molecule has 0 fully saturated rings. The fraction of sp³-hybridized carbons (Fsp3) is 0.0556. The standard InChI is InChI=1S/C18H12ClN3OS/c19-16-7-2-1-5-13(16)9-15-11-21-18(24-15)22-17(23)14-6-3-4-12(8-14)10-20/h1-8,11H,9H2,(H,21,22,23). The number of nitriles is 1. The van der Waals surface area contributed by atoms with Gasteiger partial charge in [-0.3, -0.25) is 10.1 Å². The number of carbonyl (C=O) groups excluding carboxylic acids is 1. The number of halogens is 1. The molecule has 24 heavy (non-hydrogen) atoms. The van der Waals surface area contributed by atoms with Gasteiger partial charge in [0.15, 0.2) is 5.13 Å². The fourth-order valence-corrected chi connectivity index (χ4v) is 3.21. The highest BCUT2D eigenvalue weighted by Crippen LogP contribution is 2.25. The Hall–Kier alpha value is -2.68. The van der Waals surface area contributed by atoms with Crippen LogP contribution in [0.25, 0.3) is 0 Å². The number of anilines is 1. The molecule has 0 spiro atoms. The Labute approximate surface area is 148 Å². The zero-order valence-corrected chi connectivity index (χ0v) is 14.1. The first-order valence-electron chi connectivity index (χ1n) is 7.15. The van der Waals surface area contributed by atoms with Crippen molar-refractivity contribution in [3.05, 3.63) is 81.3 Å². The molecular weight excluding hydrogens is 342 g/mol. The third-order valence-corrected chi connectivity index (χ3v) is 4.63. The smallest absolute Gasteiger partial charge is 0.257 e. The molecule has 1 heterocycles. The van der Waals surface area contributed by atoms with Gasteiger partial charge in [0.05, 0.1) is 11.6 Å². The third-order valence-electron chi connectivity index (χ3n) is 3.35. The summed E-state index contributed by atoms with van der Waals surface area (Å²) in [6, 6.07) is 16.2. The second kappa shape index (κ2) is 7.26. The summed E-state index contributed by atoms with van der Waals surface area (Å²) in [6.07, 6.45) is 2.40. The Morgan fingerprint density at radius 3 is 2.88 bits per heavy atom. The van der Waals surface area contributed by atoms with Gasteiger partial charge in [-0.1, -0.05) is 35.9 Å². The third kappa shape index (κ3) is 3.80. The van der Waals surface area contributed by atoms with Crippen molar-refractivity contribution >= 4 is 34.0 Å². The van der Waals surface area contributed by atoms with Gasteiger partial charge in [-0.15, -0.1) is 11.3 Å². The molecule has 1 aromatic heterocycles. The van der Waals surface area contributed by atoms with Gasteiger partial charge in [0.25, 0.3) is 5.91 Å². The van der Waals surface area contributed by atoms with E-state index in [0.29, 0.717) is 27.7 Å². The van der Waals surface area contributed by atoms with Crippen molar-refractivity contribution in [2.24, 2.45) is 0 Å². The number of nitrogens with zero attached hydrogens (tertiary/aromatic N) is 2. The van der Waals surface area contributed by atoms with Gasteiger partial charge in [0.1, 0.15) is 0 Å². The van der Waals surface area contributed by atoms with Crippen molar-refractivity contribution < 1.29 is 4.79 Å². The van der Waals surface area contributed by atoms with Crippen LogP contribution in [0.3, 0.4) is 0 Å². The van der Waals surface area contributed by atoms with Crippen molar-refractivity contribution in [2.45, 2.75) is 6.42 Å². The van der Waals surface area contributed by atoms with E-state index in [9.17, 15) is 4.79 Å². The molecule has 0 aliphatic rings. The predicted octanol–water partition coefficient (Wildman–Crippen LogP) is 4.51. The van der Waals surface area contributed by atoms with Gasteiger partial charge in [0.2, 0.25) is 0 Å². The summed E-state index contributed by atoms with van der Waals surface area (Å²) in [5.41, 5.74) is 1.89. The van der Waals surface area contributed by atoms with Crippen LogP contribution in [0.4, 0.5) is 5.13 Å². The van der Waals surface area contributed by atoms with E-state index >= 15 is 0 Å². The molecule has 2 aromatic carbocycles. The second-order valence-electron chi connectivity index (χ2n) is 5.05. The molecule has 3 aromatic rings. The molecule has 0 radical (unpaired) electrons. The summed E-state index contributed by atoms with van der Waals surface area (Å²) < 4.78 is 0. The van der Waals surface area contributed by atoms with E-state index < -0.39 is 0 Å². The summed E-state index contributed by atoms with van der Waals surface area (Å²) in [5.74, 6) is -0.286. The number of nitrogens with one attached hydrogen (secondary N) is 1. The van der Waals surface area contributed by atoms with Crippen LogP contribution in [0.2, 0.25) is 5.02 Å². The highest BCUT2D eigenvalue weighted by Gasteiger charge is 2.10. The van der Waals surface area contributed by atoms with Gasteiger partial charge < -0.3 is 0 Å². The number of hydrogen-bond acceptors (Lipinski definition) is 4. The van der Waals surface area contributed by atoms with Crippen LogP contribution in [0, 0.1) is 11.3 Å². The lowest BCUT2D eigenvalue weighted by Crippen LogP contribution is -2.11. The maximum Gasteiger partial charge on any atom is 0.257 e. The van der Waals surface area contributed by atoms with Gasteiger partial charge in [-0.05, 0) is 29.8 Å². The zero-order chi connectivity index (χ0) is 16.9. The molecule has 0 unspecified atom stereocenters. The molecule has 4 nitrogen and oxygen atoms in total. The number of aromatic nitrogens is 1. The molecule has 0 saturated heterocycles. The summed E-state index contributed by atoms with van der Waals surface area (Å²) in [4.78, 5) is 17.5. The van der Waals surface area contributed by atoms with Crippen molar-refractivity contribution in [1.82, 2.24) is 4.98 Å². The number of amides is 1. The predicted molar refractivity (Wildman–Crippen MR) is 95.5 cm³/mol. The van der Waals surface area contributed by atoms with Gasteiger partial charge in [-0.25, -0.2) is 4.98 Å². The second-order valence-corrected chi connectivity index (χ2v) is 6.57. The highest BCUT2D eigenvalue weighted by molar-refractivity contribution is 7.15. The van der Waals surface area contributed by atoms with Crippen LogP contribution < -0.4 is 5.32 Å². The number of thiazole rings is 1. The van der Waals surface area contributed by atoms with Crippen molar-refractivity contribution in [3.8, 4) is 6.07 Å². The monoisotopic (exact) mass is 353 g/mol. The average Bonchev–Trinajstić information content (AvgIpc) is 3.04. The SMILES string of the molecule is N#Cc1cccc(C(=O)Nc2ncc(Cc3ccccc3Cl)s2)c1. The lowest BCUT2D eigenvalue weighted by molar-refractivity contribution is 0.102. The Morgan fingerprint density at radius 1 is 1.25 bits per heavy atom. The lowest BCUT2D eigenvalue weighted by Gasteiger charge is -2.02. The molecule has 0 saturated carbocycles. The van der Waals surface area contributed by atoms with Crippen molar-refractivity contribution in [3.63, 3.8) is 0 Å². The maximum atomic E-state index is 12.2. The van der Waals surface area contributed by atoms with Crippen molar-refractivity contribution in [2.75, 3.05) is 5.32 Å².